The molecule has 0 aromatic carbocycles. The van der Waals surface area contributed by atoms with E-state index in [0.29, 0.717) is 19.6 Å². The van der Waals surface area contributed by atoms with Crippen LogP contribution in [0.1, 0.15) is 24.8 Å². The molecule has 1 amide bonds. The van der Waals surface area contributed by atoms with E-state index in [1.54, 1.807) is 13.3 Å². The van der Waals surface area contributed by atoms with Gasteiger partial charge in [-0.1, -0.05) is 6.07 Å². The molecule has 17 heavy (non-hydrogen) atoms. The van der Waals surface area contributed by atoms with Gasteiger partial charge in [0, 0.05) is 37.9 Å². The van der Waals surface area contributed by atoms with Crippen LogP contribution >= 0.6 is 0 Å². The van der Waals surface area contributed by atoms with E-state index in [0.717, 1.165) is 12.8 Å². The fraction of sp³-hybridized carbons (Fsp3) is 0.538. The van der Waals surface area contributed by atoms with E-state index >= 15 is 0 Å². The van der Waals surface area contributed by atoms with E-state index in [1.807, 2.05) is 12.3 Å². The van der Waals surface area contributed by atoms with Gasteiger partial charge < -0.3 is 10.1 Å². The molecule has 0 bridgehead atoms. The number of nitrogens with zero attached hydrogens (tertiary/aromatic N) is 1. The Kier molecular flexibility index (Phi) is 3.74. The van der Waals surface area contributed by atoms with E-state index in [2.05, 4.69) is 16.4 Å². The second kappa shape index (κ2) is 5.27. The number of rotatable bonds is 6. The van der Waals surface area contributed by atoms with Crippen LogP contribution in [0.2, 0.25) is 0 Å². The van der Waals surface area contributed by atoms with Crippen LogP contribution in [0.5, 0.6) is 0 Å². The number of aromatic nitrogens is 1. The van der Waals surface area contributed by atoms with Crippen LogP contribution in [0.4, 0.5) is 0 Å². The molecule has 4 heteroatoms. The molecule has 0 saturated heterocycles. The molecule has 4 nitrogen and oxygen atoms in total. The van der Waals surface area contributed by atoms with Gasteiger partial charge >= 0.3 is 0 Å². The maximum absolute atomic E-state index is 11.5. The molecular formula is C13H18N2O2. The van der Waals surface area contributed by atoms with E-state index in [4.69, 9.17) is 4.74 Å². The summed E-state index contributed by atoms with van der Waals surface area (Å²) in [6.45, 7) is 1.19. The van der Waals surface area contributed by atoms with Crippen LogP contribution in [0.3, 0.4) is 0 Å². The molecule has 1 fully saturated rings. The molecule has 1 N–H and O–H groups in total. The summed E-state index contributed by atoms with van der Waals surface area (Å²) in [5.41, 5.74) is 1.36. The fourth-order valence-corrected chi connectivity index (χ4v) is 1.95. The maximum atomic E-state index is 11.5. The minimum atomic E-state index is 0.0574. The number of amides is 1. The molecule has 0 radical (unpaired) electrons. The first kappa shape index (κ1) is 12.0. The molecule has 0 atom stereocenters. The molecule has 0 spiro atoms. The second-order valence-corrected chi connectivity index (χ2v) is 4.54. The average molecular weight is 234 g/mol. The molecule has 92 valence electrons. The smallest absolute Gasteiger partial charge is 0.222 e. The van der Waals surface area contributed by atoms with Gasteiger partial charge in [0.15, 0.2) is 0 Å². The summed E-state index contributed by atoms with van der Waals surface area (Å²) in [7, 11) is 1.60. The first-order valence-electron chi connectivity index (χ1n) is 5.93. The highest BCUT2D eigenvalue weighted by Crippen LogP contribution is 2.47. The number of hydrogen-bond acceptors (Lipinski definition) is 3. The molecular weight excluding hydrogens is 216 g/mol. The van der Waals surface area contributed by atoms with Gasteiger partial charge in [0.05, 0.1) is 6.61 Å². The first-order valence-corrected chi connectivity index (χ1v) is 5.93. The topological polar surface area (TPSA) is 51.2 Å². The Morgan fingerprint density at radius 2 is 2.41 bits per heavy atom. The number of nitrogens with one attached hydrogen (secondary N) is 1. The molecule has 2 rings (SSSR count). The fourth-order valence-electron chi connectivity index (χ4n) is 1.95. The van der Waals surface area contributed by atoms with Gasteiger partial charge in [-0.05, 0) is 24.5 Å². The zero-order valence-corrected chi connectivity index (χ0v) is 10.1. The Labute approximate surface area is 101 Å². The lowest BCUT2D eigenvalue weighted by molar-refractivity contribution is -0.122. The standard InChI is InChI=1S/C13H18N2O2/c1-17-8-4-12(16)15-10-13(5-6-13)11-3-2-7-14-9-11/h2-3,7,9H,4-6,8,10H2,1H3,(H,15,16). The molecule has 1 aliphatic rings. The Morgan fingerprint density at radius 1 is 1.59 bits per heavy atom. The van der Waals surface area contributed by atoms with Crippen molar-refractivity contribution in [2.75, 3.05) is 20.3 Å². The number of hydrogen-bond donors (Lipinski definition) is 1. The highest BCUT2D eigenvalue weighted by Gasteiger charge is 2.44. The molecule has 1 saturated carbocycles. The third-order valence-corrected chi connectivity index (χ3v) is 3.28. The van der Waals surface area contributed by atoms with E-state index in [9.17, 15) is 4.79 Å². The van der Waals surface area contributed by atoms with Crippen molar-refractivity contribution in [1.29, 1.82) is 0 Å². The molecule has 1 aromatic rings. The van der Waals surface area contributed by atoms with Crippen LogP contribution < -0.4 is 5.32 Å². The van der Waals surface area contributed by atoms with Crippen molar-refractivity contribution in [3.63, 3.8) is 0 Å². The summed E-state index contributed by atoms with van der Waals surface area (Å²) in [6, 6.07) is 4.03. The largest absolute Gasteiger partial charge is 0.384 e. The summed E-state index contributed by atoms with van der Waals surface area (Å²) in [4.78, 5) is 15.6. The lowest BCUT2D eigenvalue weighted by Crippen LogP contribution is -2.32. The second-order valence-electron chi connectivity index (χ2n) is 4.54. The van der Waals surface area contributed by atoms with E-state index in [-0.39, 0.29) is 11.3 Å². The van der Waals surface area contributed by atoms with Crippen LogP contribution in [0, 0.1) is 0 Å². The monoisotopic (exact) mass is 234 g/mol. The number of carbonyl (C=O) groups is 1. The summed E-state index contributed by atoms with van der Waals surface area (Å²) >= 11 is 0. The highest BCUT2D eigenvalue weighted by molar-refractivity contribution is 5.76. The van der Waals surface area contributed by atoms with E-state index in [1.165, 1.54) is 5.56 Å². The SMILES string of the molecule is COCCC(=O)NCC1(c2cccnc2)CC1. The third kappa shape index (κ3) is 3.03. The Hall–Kier alpha value is -1.42. The zero-order chi connectivity index (χ0) is 12.1. The van der Waals surface area contributed by atoms with E-state index < -0.39 is 0 Å². The molecule has 0 aliphatic heterocycles. The maximum Gasteiger partial charge on any atom is 0.222 e. The molecule has 1 aromatic heterocycles. The van der Waals surface area contributed by atoms with Crippen molar-refractivity contribution in [2.45, 2.75) is 24.7 Å². The van der Waals surface area contributed by atoms with Crippen molar-refractivity contribution in [1.82, 2.24) is 10.3 Å². The van der Waals surface area contributed by atoms with Crippen molar-refractivity contribution in [3.8, 4) is 0 Å². The zero-order valence-electron chi connectivity index (χ0n) is 10.1. The Morgan fingerprint density at radius 3 is 3.00 bits per heavy atom. The van der Waals surface area contributed by atoms with Crippen molar-refractivity contribution < 1.29 is 9.53 Å². The number of ether oxygens (including phenoxy) is 1. The summed E-state index contributed by atoms with van der Waals surface area (Å²) in [5, 5.41) is 2.97. The minimum absolute atomic E-state index is 0.0574. The molecule has 1 aliphatic carbocycles. The quantitative estimate of drug-likeness (QED) is 0.806. The number of carbonyl (C=O) groups excluding carboxylic acids is 1. The third-order valence-electron chi connectivity index (χ3n) is 3.28. The van der Waals surface area contributed by atoms with Crippen LogP contribution in [-0.4, -0.2) is 31.2 Å². The van der Waals surface area contributed by atoms with Gasteiger partial charge in [-0.15, -0.1) is 0 Å². The average Bonchev–Trinajstić information content (AvgIpc) is 3.16. The van der Waals surface area contributed by atoms with Gasteiger partial charge in [-0.3, -0.25) is 9.78 Å². The molecule has 0 unspecified atom stereocenters. The predicted octanol–water partition coefficient (Wildman–Crippen LogP) is 1.27. The minimum Gasteiger partial charge on any atom is -0.384 e. The molecule has 1 heterocycles. The first-order chi connectivity index (χ1) is 8.27. The Balaban J connectivity index is 1.85. The van der Waals surface area contributed by atoms with Gasteiger partial charge in [-0.25, -0.2) is 0 Å². The lowest BCUT2D eigenvalue weighted by atomic mass is 9.98. The normalized spacial score (nSPS) is 16.5. The van der Waals surface area contributed by atoms with Crippen LogP contribution in [0.15, 0.2) is 24.5 Å². The summed E-state index contributed by atoms with van der Waals surface area (Å²) in [6.07, 6.45) is 6.36. The highest BCUT2D eigenvalue weighted by atomic mass is 16.5. The van der Waals surface area contributed by atoms with Crippen molar-refractivity contribution >= 4 is 5.91 Å². The number of methoxy groups -OCH3 is 1. The van der Waals surface area contributed by atoms with Gasteiger partial charge in [0.1, 0.15) is 0 Å². The van der Waals surface area contributed by atoms with Crippen molar-refractivity contribution in [2.24, 2.45) is 0 Å². The predicted molar refractivity (Wildman–Crippen MR) is 64.7 cm³/mol. The Bertz CT molecular complexity index is 374. The van der Waals surface area contributed by atoms with Crippen molar-refractivity contribution in [3.05, 3.63) is 30.1 Å². The number of pyridine rings is 1. The van der Waals surface area contributed by atoms with Gasteiger partial charge in [0.25, 0.3) is 0 Å². The lowest BCUT2D eigenvalue weighted by Gasteiger charge is -2.16. The van der Waals surface area contributed by atoms with Gasteiger partial charge in [-0.2, -0.15) is 0 Å². The summed E-state index contributed by atoms with van der Waals surface area (Å²) in [5.74, 6) is 0.0574. The van der Waals surface area contributed by atoms with Crippen LogP contribution in [0.25, 0.3) is 0 Å². The van der Waals surface area contributed by atoms with Gasteiger partial charge in [0.2, 0.25) is 5.91 Å². The summed E-state index contributed by atoms with van der Waals surface area (Å²) < 4.78 is 4.87. The van der Waals surface area contributed by atoms with Crippen LogP contribution in [-0.2, 0) is 14.9 Å².